The van der Waals surface area contributed by atoms with E-state index in [0.29, 0.717) is 29.0 Å². The Kier molecular flexibility index (Phi) is 4.11. The highest BCUT2D eigenvalue weighted by molar-refractivity contribution is 6.31. The number of carbonyl (C=O) groups is 1. The summed E-state index contributed by atoms with van der Waals surface area (Å²) in [5, 5.41) is 3.64. The van der Waals surface area contributed by atoms with Gasteiger partial charge in [-0.2, -0.15) is 0 Å². The molecule has 0 saturated heterocycles. The first-order valence-corrected chi connectivity index (χ1v) is 7.38. The van der Waals surface area contributed by atoms with Gasteiger partial charge in [0.05, 0.1) is 5.56 Å². The molecule has 2 aromatic rings. The average molecular weight is 302 g/mol. The summed E-state index contributed by atoms with van der Waals surface area (Å²) >= 11 is 6.11. The number of para-hydroxylation sites is 1. The highest BCUT2D eigenvalue weighted by Gasteiger charge is 2.25. The summed E-state index contributed by atoms with van der Waals surface area (Å²) in [5.41, 5.74) is 1.47. The van der Waals surface area contributed by atoms with E-state index < -0.39 is 0 Å². The fourth-order valence-electron chi connectivity index (χ4n) is 2.04. The van der Waals surface area contributed by atoms with Gasteiger partial charge in [-0.3, -0.25) is 4.79 Å². The minimum Gasteiger partial charge on any atom is -0.488 e. The molecule has 1 aliphatic rings. The summed E-state index contributed by atoms with van der Waals surface area (Å²) in [6, 6.07) is 15.1. The maximum absolute atomic E-state index is 12.2. The van der Waals surface area contributed by atoms with Crippen LogP contribution >= 0.6 is 11.6 Å². The summed E-state index contributed by atoms with van der Waals surface area (Å²) in [6.45, 7) is 0.341. The van der Waals surface area contributed by atoms with Gasteiger partial charge in [-0.25, -0.2) is 0 Å². The molecule has 3 nitrogen and oxygen atoms in total. The molecule has 1 fully saturated rings. The molecule has 0 radical (unpaired) electrons. The second kappa shape index (κ2) is 6.19. The summed E-state index contributed by atoms with van der Waals surface area (Å²) in [6.07, 6.45) is 2.13. The molecule has 0 atom stereocenters. The van der Waals surface area contributed by atoms with Crippen molar-refractivity contribution < 1.29 is 9.53 Å². The number of rotatable bonds is 5. The molecular formula is C17H16ClNO2. The van der Waals surface area contributed by atoms with E-state index in [1.54, 1.807) is 12.1 Å². The SMILES string of the molecule is O=C(NC1CC1)c1ccccc1OCc1ccccc1Cl. The van der Waals surface area contributed by atoms with Crippen LogP contribution in [0.3, 0.4) is 0 Å². The van der Waals surface area contributed by atoms with Crippen molar-refractivity contribution in [2.75, 3.05) is 0 Å². The number of benzene rings is 2. The number of hydrogen-bond donors (Lipinski definition) is 1. The van der Waals surface area contributed by atoms with Crippen molar-refractivity contribution in [1.82, 2.24) is 5.32 Å². The Hall–Kier alpha value is -2.00. The third kappa shape index (κ3) is 3.56. The molecule has 1 aliphatic carbocycles. The van der Waals surface area contributed by atoms with Crippen LogP contribution in [0.25, 0.3) is 0 Å². The van der Waals surface area contributed by atoms with Gasteiger partial charge in [0.25, 0.3) is 5.91 Å². The van der Waals surface area contributed by atoms with Crippen molar-refractivity contribution in [3.8, 4) is 5.75 Å². The Morgan fingerprint density at radius 1 is 1.14 bits per heavy atom. The van der Waals surface area contributed by atoms with Crippen LogP contribution in [0.15, 0.2) is 48.5 Å². The van der Waals surface area contributed by atoms with Gasteiger partial charge in [0.2, 0.25) is 0 Å². The Labute approximate surface area is 128 Å². The van der Waals surface area contributed by atoms with Crippen LogP contribution < -0.4 is 10.1 Å². The fraction of sp³-hybridized carbons (Fsp3) is 0.235. The van der Waals surface area contributed by atoms with Gasteiger partial charge < -0.3 is 10.1 Å². The smallest absolute Gasteiger partial charge is 0.255 e. The Morgan fingerprint density at radius 3 is 2.62 bits per heavy atom. The number of nitrogens with one attached hydrogen (secondary N) is 1. The molecule has 2 aromatic carbocycles. The molecule has 1 saturated carbocycles. The Morgan fingerprint density at radius 2 is 1.86 bits per heavy atom. The minimum absolute atomic E-state index is 0.0766. The van der Waals surface area contributed by atoms with Crippen LogP contribution in [0, 0.1) is 0 Å². The van der Waals surface area contributed by atoms with Gasteiger partial charge >= 0.3 is 0 Å². The molecule has 0 unspecified atom stereocenters. The van der Waals surface area contributed by atoms with Gasteiger partial charge in [0, 0.05) is 16.6 Å². The number of hydrogen-bond acceptors (Lipinski definition) is 2. The zero-order valence-electron chi connectivity index (χ0n) is 11.5. The first-order chi connectivity index (χ1) is 10.2. The van der Waals surface area contributed by atoms with Crippen LogP contribution in [-0.2, 0) is 6.61 Å². The maximum Gasteiger partial charge on any atom is 0.255 e. The summed E-state index contributed by atoms with van der Waals surface area (Å²) in [7, 11) is 0. The van der Waals surface area contributed by atoms with E-state index in [1.807, 2.05) is 36.4 Å². The van der Waals surface area contributed by atoms with Crippen LogP contribution in [0.2, 0.25) is 5.02 Å². The minimum atomic E-state index is -0.0766. The van der Waals surface area contributed by atoms with Crippen molar-refractivity contribution in [2.24, 2.45) is 0 Å². The third-order valence-electron chi connectivity index (χ3n) is 3.39. The highest BCUT2D eigenvalue weighted by Crippen LogP contribution is 2.24. The second-order valence-electron chi connectivity index (χ2n) is 5.12. The van der Waals surface area contributed by atoms with Crippen molar-refractivity contribution in [1.29, 1.82) is 0 Å². The van der Waals surface area contributed by atoms with Gasteiger partial charge in [-0.05, 0) is 31.0 Å². The Balaban J connectivity index is 1.73. The number of ether oxygens (including phenoxy) is 1. The topological polar surface area (TPSA) is 38.3 Å². The van der Waals surface area contributed by atoms with Crippen LogP contribution in [0.4, 0.5) is 0 Å². The molecule has 108 valence electrons. The number of halogens is 1. The van der Waals surface area contributed by atoms with Crippen LogP contribution in [0.1, 0.15) is 28.8 Å². The monoisotopic (exact) mass is 301 g/mol. The zero-order valence-corrected chi connectivity index (χ0v) is 12.3. The van der Waals surface area contributed by atoms with E-state index in [4.69, 9.17) is 16.3 Å². The largest absolute Gasteiger partial charge is 0.488 e. The summed E-state index contributed by atoms with van der Waals surface area (Å²) in [4.78, 5) is 12.2. The first kappa shape index (κ1) is 14.0. The predicted octanol–water partition coefficient (Wildman–Crippen LogP) is 3.81. The quantitative estimate of drug-likeness (QED) is 0.912. The molecule has 3 rings (SSSR count). The lowest BCUT2D eigenvalue weighted by Crippen LogP contribution is -2.25. The number of amides is 1. The van der Waals surface area contributed by atoms with Crippen LogP contribution in [0.5, 0.6) is 5.75 Å². The van der Waals surface area contributed by atoms with Gasteiger partial charge in [0.15, 0.2) is 0 Å². The second-order valence-corrected chi connectivity index (χ2v) is 5.53. The highest BCUT2D eigenvalue weighted by atomic mass is 35.5. The van der Waals surface area contributed by atoms with E-state index in [0.717, 1.165) is 18.4 Å². The van der Waals surface area contributed by atoms with E-state index in [2.05, 4.69) is 5.32 Å². The van der Waals surface area contributed by atoms with Crippen molar-refractivity contribution >= 4 is 17.5 Å². The van der Waals surface area contributed by atoms with Crippen LogP contribution in [-0.4, -0.2) is 11.9 Å². The molecule has 0 aliphatic heterocycles. The lowest BCUT2D eigenvalue weighted by atomic mass is 10.2. The molecule has 0 aromatic heterocycles. The van der Waals surface area contributed by atoms with Crippen molar-refractivity contribution in [3.05, 3.63) is 64.7 Å². The first-order valence-electron chi connectivity index (χ1n) is 7.00. The molecule has 1 N–H and O–H groups in total. The van der Waals surface area contributed by atoms with Crippen molar-refractivity contribution in [2.45, 2.75) is 25.5 Å². The van der Waals surface area contributed by atoms with Crippen molar-refractivity contribution in [3.63, 3.8) is 0 Å². The van der Waals surface area contributed by atoms with E-state index in [9.17, 15) is 4.79 Å². The molecule has 21 heavy (non-hydrogen) atoms. The zero-order chi connectivity index (χ0) is 14.7. The predicted molar refractivity (Wildman–Crippen MR) is 82.7 cm³/mol. The van der Waals surface area contributed by atoms with E-state index >= 15 is 0 Å². The molecule has 0 spiro atoms. The molecule has 0 heterocycles. The lowest BCUT2D eigenvalue weighted by Gasteiger charge is -2.12. The lowest BCUT2D eigenvalue weighted by molar-refractivity contribution is 0.0946. The summed E-state index contributed by atoms with van der Waals surface area (Å²) in [5.74, 6) is 0.503. The average Bonchev–Trinajstić information content (AvgIpc) is 3.31. The maximum atomic E-state index is 12.2. The molecular weight excluding hydrogens is 286 g/mol. The van der Waals surface area contributed by atoms with Gasteiger partial charge in [-0.1, -0.05) is 41.9 Å². The standard InChI is InChI=1S/C17H16ClNO2/c18-15-7-3-1-5-12(15)11-21-16-8-4-2-6-14(16)17(20)19-13-9-10-13/h1-8,13H,9-11H2,(H,19,20). The summed E-state index contributed by atoms with van der Waals surface area (Å²) < 4.78 is 5.78. The van der Waals surface area contributed by atoms with E-state index in [1.165, 1.54) is 0 Å². The number of carbonyl (C=O) groups excluding carboxylic acids is 1. The van der Waals surface area contributed by atoms with E-state index in [-0.39, 0.29) is 5.91 Å². The van der Waals surface area contributed by atoms with Gasteiger partial charge in [0.1, 0.15) is 12.4 Å². The van der Waals surface area contributed by atoms with Gasteiger partial charge in [-0.15, -0.1) is 0 Å². The fourth-order valence-corrected chi connectivity index (χ4v) is 2.23. The molecule has 0 bridgehead atoms. The normalized spacial score (nSPS) is 13.8. The molecule has 4 heteroatoms. The third-order valence-corrected chi connectivity index (χ3v) is 3.75. The molecule has 1 amide bonds. The Bertz CT molecular complexity index is 653.